The fourth-order valence-corrected chi connectivity index (χ4v) is 3.77. The van der Waals surface area contributed by atoms with Crippen LogP contribution in [0.4, 0.5) is 0 Å². The number of hydrogen-bond donors (Lipinski definition) is 2. The number of aryl methyl sites for hydroxylation is 2. The first-order valence-electron chi connectivity index (χ1n) is 8.68. The van der Waals surface area contributed by atoms with E-state index in [1.54, 1.807) is 18.4 Å². The number of carbonyl (C=O) groups excluding carboxylic acids is 1. The number of nitrogens with one attached hydrogen (secondary N) is 2. The second kappa shape index (κ2) is 10.9. The number of likely N-dealkylation sites (tertiary alicyclic amines) is 1. The molecule has 2 rings (SSSR count). The Morgan fingerprint density at radius 2 is 2.12 bits per heavy atom. The molecule has 0 saturated carbocycles. The van der Waals surface area contributed by atoms with Crippen LogP contribution in [0.2, 0.25) is 0 Å². The molecule has 0 aliphatic carbocycles. The number of piperidine rings is 1. The van der Waals surface area contributed by atoms with Gasteiger partial charge in [0, 0.05) is 37.5 Å². The lowest BCUT2D eigenvalue weighted by Crippen LogP contribution is -2.44. The maximum atomic E-state index is 12.3. The van der Waals surface area contributed by atoms with Gasteiger partial charge in [0.1, 0.15) is 5.01 Å². The summed E-state index contributed by atoms with van der Waals surface area (Å²) < 4.78 is 0. The van der Waals surface area contributed by atoms with Crippen molar-refractivity contribution in [3.05, 3.63) is 15.6 Å². The van der Waals surface area contributed by atoms with Gasteiger partial charge in [-0.2, -0.15) is 0 Å². The normalized spacial score (nSPS) is 17.8. The predicted molar refractivity (Wildman–Crippen MR) is 115 cm³/mol. The van der Waals surface area contributed by atoms with Crippen LogP contribution in [-0.2, 0) is 11.3 Å². The smallest absolute Gasteiger partial charge is 0.224 e. The Bertz CT molecular complexity index is 570. The average molecular weight is 479 g/mol. The second-order valence-electron chi connectivity index (χ2n) is 6.28. The van der Waals surface area contributed by atoms with Crippen LogP contribution in [0.1, 0.15) is 48.2 Å². The molecule has 6 nitrogen and oxygen atoms in total. The van der Waals surface area contributed by atoms with Gasteiger partial charge in [-0.05, 0) is 40.0 Å². The van der Waals surface area contributed by atoms with E-state index in [-0.39, 0.29) is 29.9 Å². The highest BCUT2D eigenvalue weighted by Gasteiger charge is 2.22. The molecule has 1 aliphatic rings. The molecule has 0 radical (unpaired) electrons. The van der Waals surface area contributed by atoms with E-state index >= 15 is 0 Å². The number of halogens is 1. The van der Waals surface area contributed by atoms with Gasteiger partial charge in [-0.1, -0.05) is 0 Å². The third kappa shape index (κ3) is 6.73. The summed E-state index contributed by atoms with van der Waals surface area (Å²) in [5, 5.41) is 7.51. The van der Waals surface area contributed by atoms with E-state index in [2.05, 4.69) is 34.5 Å². The van der Waals surface area contributed by atoms with Gasteiger partial charge >= 0.3 is 0 Å². The minimum absolute atomic E-state index is 0. The number of amides is 1. The molecular formula is C17H30IN5OS. The van der Waals surface area contributed by atoms with Crippen LogP contribution in [0.25, 0.3) is 0 Å². The Morgan fingerprint density at radius 3 is 2.72 bits per heavy atom. The predicted octanol–water partition coefficient (Wildman–Crippen LogP) is 2.83. The monoisotopic (exact) mass is 479 g/mol. The van der Waals surface area contributed by atoms with Crippen molar-refractivity contribution in [1.82, 2.24) is 20.5 Å². The number of thiazole rings is 1. The zero-order valence-electron chi connectivity index (χ0n) is 15.6. The Balaban J connectivity index is 0.00000312. The summed E-state index contributed by atoms with van der Waals surface area (Å²) in [5.41, 5.74) is 1.08. The van der Waals surface area contributed by atoms with Crippen LogP contribution in [-0.4, -0.2) is 47.9 Å². The van der Waals surface area contributed by atoms with E-state index in [0.717, 1.165) is 30.1 Å². The van der Waals surface area contributed by atoms with Crippen molar-refractivity contribution < 1.29 is 4.79 Å². The Hall–Kier alpha value is -0.900. The standard InChI is InChI=1S/C17H29N5OS.HI/c1-12-7-5-6-10-22(12)16(23)8-9-19-17(18-4)20-11-15-21-13(2)14(3)24-15;/h12H,5-11H2,1-4H3,(H2,18,19,20);1H. The van der Waals surface area contributed by atoms with Gasteiger partial charge in [-0.3, -0.25) is 9.79 Å². The molecule has 0 aromatic carbocycles. The summed E-state index contributed by atoms with van der Waals surface area (Å²) in [6.45, 7) is 8.39. The van der Waals surface area contributed by atoms with Gasteiger partial charge in [0.25, 0.3) is 0 Å². The van der Waals surface area contributed by atoms with E-state index < -0.39 is 0 Å². The van der Waals surface area contributed by atoms with E-state index in [9.17, 15) is 4.79 Å². The Labute approximate surface area is 171 Å². The molecule has 1 aliphatic heterocycles. The van der Waals surface area contributed by atoms with Crippen molar-refractivity contribution in [2.24, 2.45) is 4.99 Å². The number of rotatable bonds is 5. The number of aliphatic imine (C=N–C) groups is 1. The van der Waals surface area contributed by atoms with Crippen LogP contribution in [0, 0.1) is 13.8 Å². The van der Waals surface area contributed by atoms with Crippen LogP contribution >= 0.6 is 35.3 Å². The zero-order chi connectivity index (χ0) is 17.5. The van der Waals surface area contributed by atoms with Crippen LogP contribution in [0.5, 0.6) is 0 Å². The van der Waals surface area contributed by atoms with Gasteiger partial charge in [0.2, 0.25) is 5.91 Å². The molecule has 1 unspecified atom stereocenters. The molecule has 1 atom stereocenters. The number of nitrogens with zero attached hydrogens (tertiary/aromatic N) is 3. The topological polar surface area (TPSA) is 69.6 Å². The highest BCUT2D eigenvalue weighted by atomic mass is 127. The molecule has 1 aromatic heterocycles. The van der Waals surface area contributed by atoms with Gasteiger partial charge in [-0.15, -0.1) is 35.3 Å². The Morgan fingerprint density at radius 1 is 1.36 bits per heavy atom. The molecule has 8 heteroatoms. The molecule has 2 heterocycles. The maximum absolute atomic E-state index is 12.3. The zero-order valence-corrected chi connectivity index (χ0v) is 18.7. The molecule has 1 aromatic rings. The van der Waals surface area contributed by atoms with Crippen molar-refractivity contribution in [3.8, 4) is 0 Å². The molecule has 142 valence electrons. The van der Waals surface area contributed by atoms with E-state index in [4.69, 9.17) is 0 Å². The summed E-state index contributed by atoms with van der Waals surface area (Å²) in [6.07, 6.45) is 3.98. The van der Waals surface area contributed by atoms with Crippen molar-refractivity contribution >= 4 is 47.2 Å². The third-order valence-corrected chi connectivity index (χ3v) is 5.53. The van der Waals surface area contributed by atoms with E-state index in [1.165, 1.54) is 11.3 Å². The molecule has 0 bridgehead atoms. The lowest BCUT2D eigenvalue weighted by molar-refractivity contribution is -0.134. The van der Waals surface area contributed by atoms with Crippen molar-refractivity contribution in [2.75, 3.05) is 20.1 Å². The second-order valence-corrected chi connectivity index (χ2v) is 7.57. The summed E-state index contributed by atoms with van der Waals surface area (Å²) in [7, 11) is 1.74. The average Bonchev–Trinajstić information content (AvgIpc) is 2.89. The lowest BCUT2D eigenvalue weighted by Gasteiger charge is -2.33. The summed E-state index contributed by atoms with van der Waals surface area (Å²) >= 11 is 1.70. The Kier molecular flexibility index (Phi) is 9.70. The number of guanidine groups is 1. The van der Waals surface area contributed by atoms with Crippen LogP contribution in [0.15, 0.2) is 4.99 Å². The first kappa shape index (κ1) is 22.1. The van der Waals surface area contributed by atoms with Crippen LogP contribution in [0.3, 0.4) is 0 Å². The highest BCUT2D eigenvalue weighted by Crippen LogP contribution is 2.17. The number of hydrogen-bond acceptors (Lipinski definition) is 4. The molecule has 2 N–H and O–H groups in total. The first-order valence-corrected chi connectivity index (χ1v) is 9.49. The molecule has 25 heavy (non-hydrogen) atoms. The van der Waals surface area contributed by atoms with Crippen molar-refractivity contribution in [2.45, 2.75) is 59.0 Å². The summed E-state index contributed by atoms with van der Waals surface area (Å²) in [4.78, 5) is 24.3. The van der Waals surface area contributed by atoms with Crippen molar-refractivity contribution in [1.29, 1.82) is 0 Å². The van der Waals surface area contributed by atoms with Crippen LogP contribution < -0.4 is 10.6 Å². The summed E-state index contributed by atoms with van der Waals surface area (Å²) in [6, 6.07) is 0.375. The third-order valence-electron chi connectivity index (χ3n) is 4.46. The fourth-order valence-electron chi connectivity index (χ4n) is 2.89. The van der Waals surface area contributed by atoms with E-state index in [0.29, 0.717) is 31.5 Å². The fraction of sp³-hybridized carbons (Fsp3) is 0.706. The van der Waals surface area contributed by atoms with Gasteiger partial charge in [0.05, 0.1) is 12.2 Å². The molecule has 0 spiro atoms. The molecular weight excluding hydrogens is 449 g/mol. The largest absolute Gasteiger partial charge is 0.356 e. The van der Waals surface area contributed by atoms with Gasteiger partial charge in [0.15, 0.2) is 5.96 Å². The minimum atomic E-state index is 0. The molecule has 1 saturated heterocycles. The molecule has 1 amide bonds. The van der Waals surface area contributed by atoms with E-state index in [1.807, 2.05) is 11.8 Å². The maximum Gasteiger partial charge on any atom is 0.224 e. The SMILES string of the molecule is CN=C(NCCC(=O)N1CCCCC1C)NCc1nc(C)c(C)s1.I. The highest BCUT2D eigenvalue weighted by molar-refractivity contribution is 14.0. The van der Waals surface area contributed by atoms with Gasteiger partial charge in [-0.25, -0.2) is 4.98 Å². The number of aromatic nitrogens is 1. The minimum Gasteiger partial charge on any atom is -0.356 e. The summed E-state index contributed by atoms with van der Waals surface area (Å²) in [5.74, 6) is 0.941. The quantitative estimate of drug-likeness (QED) is 0.387. The van der Waals surface area contributed by atoms with Gasteiger partial charge < -0.3 is 15.5 Å². The molecule has 1 fully saturated rings. The lowest BCUT2D eigenvalue weighted by atomic mass is 10.0. The first-order chi connectivity index (χ1) is 11.5. The van der Waals surface area contributed by atoms with Crippen molar-refractivity contribution in [3.63, 3.8) is 0 Å². The number of carbonyl (C=O) groups is 1.